The molecular weight excluding hydrogens is 312 g/mol. The van der Waals surface area contributed by atoms with Crippen molar-refractivity contribution in [3.63, 3.8) is 0 Å². The SMILES string of the molecule is CCc1ccc(C(=O)N[C@H](C)c2cccc(S(N)(=O)=O)c2)cc1. The van der Waals surface area contributed by atoms with Crippen LogP contribution >= 0.6 is 0 Å². The number of primary sulfonamides is 1. The van der Waals surface area contributed by atoms with Crippen molar-refractivity contribution in [3.8, 4) is 0 Å². The van der Waals surface area contributed by atoms with Crippen molar-refractivity contribution in [1.82, 2.24) is 5.32 Å². The van der Waals surface area contributed by atoms with Gasteiger partial charge in [0.25, 0.3) is 5.91 Å². The number of hydrogen-bond acceptors (Lipinski definition) is 3. The maximum Gasteiger partial charge on any atom is 0.251 e. The molecule has 2 rings (SSSR count). The van der Waals surface area contributed by atoms with Gasteiger partial charge in [0.05, 0.1) is 10.9 Å². The number of aryl methyl sites for hydroxylation is 1. The number of hydrogen-bond donors (Lipinski definition) is 2. The van der Waals surface area contributed by atoms with Crippen LogP contribution in [0.4, 0.5) is 0 Å². The molecule has 6 heteroatoms. The van der Waals surface area contributed by atoms with E-state index in [2.05, 4.69) is 12.2 Å². The Morgan fingerprint density at radius 1 is 1.17 bits per heavy atom. The van der Waals surface area contributed by atoms with Crippen molar-refractivity contribution >= 4 is 15.9 Å². The van der Waals surface area contributed by atoms with Gasteiger partial charge in [-0.15, -0.1) is 0 Å². The highest BCUT2D eigenvalue weighted by Crippen LogP contribution is 2.17. The summed E-state index contributed by atoms with van der Waals surface area (Å²) in [5.41, 5.74) is 2.40. The number of carbonyl (C=O) groups excluding carboxylic acids is 1. The molecule has 0 saturated heterocycles. The Balaban J connectivity index is 2.14. The second-order valence-corrected chi connectivity index (χ2v) is 6.92. The molecule has 122 valence electrons. The molecule has 0 radical (unpaired) electrons. The van der Waals surface area contributed by atoms with E-state index in [1.165, 1.54) is 12.1 Å². The molecule has 0 aliphatic heterocycles. The Labute approximate surface area is 136 Å². The second-order valence-electron chi connectivity index (χ2n) is 5.36. The highest BCUT2D eigenvalue weighted by Gasteiger charge is 2.14. The van der Waals surface area contributed by atoms with Crippen LogP contribution in [0.3, 0.4) is 0 Å². The topological polar surface area (TPSA) is 89.3 Å². The summed E-state index contributed by atoms with van der Waals surface area (Å²) < 4.78 is 22.8. The van der Waals surface area contributed by atoms with Gasteiger partial charge in [0.1, 0.15) is 0 Å². The van der Waals surface area contributed by atoms with Crippen LogP contribution in [0.2, 0.25) is 0 Å². The highest BCUT2D eigenvalue weighted by atomic mass is 32.2. The van der Waals surface area contributed by atoms with Crippen LogP contribution < -0.4 is 10.5 Å². The number of nitrogens with one attached hydrogen (secondary N) is 1. The molecule has 3 N–H and O–H groups in total. The molecule has 0 fully saturated rings. The number of sulfonamides is 1. The van der Waals surface area contributed by atoms with Crippen molar-refractivity contribution < 1.29 is 13.2 Å². The molecular formula is C17H20N2O3S. The van der Waals surface area contributed by atoms with Gasteiger partial charge in [-0.3, -0.25) is 4.79 Å². The van der Waals surface area contributed by atoms with E-state index in [1.807, 2.05) is 12.1 Å². The van der Waals surface area contributed by atoms with Gasteiger partial charge in [0.2, 0.25) is 10.0 Å². The summed E-state index contributed by atoms with van der Waals surface area (Å²) >= 11 is 0. The first-order valence-electron chi connectivity index (χ1n) is 7.34. The van der Waals surface area contributed by atoms with Crippen molar-refractivity contribution in [2.24, 2.45) is 5.14 Å². The van der Waals surface area contributed by atoms with Gasteiger partial charge < -0.3 is 5.32 Å². The van der Waals surface area contributed by atoms with E-state index in [-0.39, 0.29) is 16.8 Å². The predicted octanol–water partition coefficient (Wildman–Crippen LogP) is 2.39. The molecule has 1 atom stereocenters. The minimum atomic E-state index is -3.76. The number of carbonyl (C=O) groups is 1. The summed E-state index contributed by atoms with van der Waals surface area (Å²) in [5, 5.41) is 7.98. The zero-order valence-electron chi connectivity index (χ0n) is 13.1. The van der Waals surface area contributed by atoms with Gasteiger partial charge >= 0.3 is 0 Å². The summed E-state index contributed by atoms with van der Waals surface area (Å²) in [7, 11) is -3.76. The third-order valence-electron chi connectivity index (χ3n) is 3.66. The third kappa shape index (κ3) is 4.40. The summed E-state index contributed by atoms with van der Waals surface area (Å²) in [6.45, 7) is 3.84. The Morgan fingerprint density at radius 3 is 2.39 bits per heavy atom. The molecule has 5 nitrogen and oxygen atoms in total. The molecule has 23 heavy (non-hydrogen) atoms. The first-order chi connectivity index (χ1) is 10.8. The predicted molar refractivity (Wildman–Crippen MR) is 89.5 cm³/mol. The molecule has 1 amide bonds. The van der Waals surface area contributed by atoms with Gasteiger partial charge in [-0.1, -0.05) is 31.2 Å². The van der Waals surface area contributed by atoms with E-state index in [0.717, 1.165) is 12.0 Å². The minimum absolute atomic E-state index is 0.0309. The van der Waals surface area contributed by atoms with Crippen LogP contribution in [0.5, 0.6) is 0 Å². The highest BCUT2D eigenvalue weighted by molar-refractivity contribution is 7.89. The van der Waals surface area contributed by atoms with Gasteiger partial charge in [0.15, 0.2) is 0 Å². The minimum Gasteiger partial charge on any atom is -0.346 e. The summed E-state index contributed by atoms with van der Waals surface area (Å²) in [5.74, 6) is -0.207. The largest absolute Gasteiger partial charge is 0.346 e. The van der Waals surface area contributed by atoms with E-state index in [4.69, 9.17) is 5.14 Å². The van der Waals surface area contributed by atoms with Crippen LogP contribution in [-0.2, 0) is 16.4 Å². The van der Waals surface area contributed by atoms with Crippen LogP contribution in [0, 0.1) is 0 Å². The van der Waals surface area contributed by atoms with E-state index in [0.29, 0.717) is 11.1 Å². The van der Waals surface area contributed by atoms with Gasteiger partial charge in [0, 0.05) is 5.56 Å². The van der Waals surface area contributed by atoms with E-state index >= 15 is 0 Å². The Morgan fingerprint density at radius 2 is 1.83 bits per heavy atom. The molecule has 2 aromatic rings. The average molecular weight is 332 g/mol. The maximum atomic E-state index is 12.3. The fourth-order valence-corrected chi connectivity index (χ4v) is 2.78. The molecule has 0 spiro atoms. The fraction of sp³-hybridized carbons (Fsp3) is 0.235. The van der Waals surface area contributed by atoms with Crippen molar-refractivity contribution in [2.75, 3.05) is 0 Å². The van der Waals surface area contributed by atoms with Crippen LogP contribution in [0.15, 0.2) is 53.4 Å². The lowest BCUT2D eigenvalue weighted by Gasteiger charge is -2.15. The monoisotopic (exact) mass is 332 g/mol. The Kier molecular flexibility index (Phi) is 5.18. The zero-order chi connectivity index (χ0) is 17.0. The molecule has 0 heterocycles. The lowest BCUT2D eigenvalue weighted by atomic mass is 10.1. The average Bonchev–Trinajstić information content (AvgIpc) is 2.54. The van der Waals surface area contributed by atoms with E-state index in [1.54, 1.807) is 31.2 Å². The smallest absolute Gasteiger partial charge is 0.251 e. The summed E-state index contributed by atoms with van der Waals surface area (Å²) in [6, 6.07) is 13.3. The first-order valence-corrected chi connectivity index (χ1v) is 8.88. The molecule has 2 aromatic carbocycles. The van der Waals surface area contributed by atoms with Gasteiger partial charge in [-0.25, -0.2) is 13.6 Å². The molecule has 0 unspecified atom stereocenters. The summed E-state index contributed by atoms with van der Waals surface area (Å²) in [4.78, 5) is 12.3. The van der Waals surface area contributed by atoms with Gasteiger partial charge in [-0.2, -0.15) is 0 Å². The van der Waals surface area contributed by atoms with Crippen molar-refractivity contribution in [2.45, 2.75) is 31.2 Å². The summed E-state index contributed by atoms with van der Waals surface area (Å²) in [6.07, 6.45) is 0.915. The lowest BCUT2D eigenvalue weighted by molar-refractivity contribution is 0.0940. The number of benzene rings is 2. The van der Waals surface area contributed by atoms with E-state index < -0.39 is 10.0 Å². The third-order valence-corrected chi connectivity index (χ3v) is 4.57. The quantitative estimate of drug-likeness (QED) is 0.881. The standard InChI is InChI=1S/C17H20N2O3S/c1-3-13-7-9-14(10-8-13)17(20)19-12(2)15-5-4-6-16(11-15)23(18,21)22/h4-12H,3H2,1-2H3,(H,19,20)(H2,18,21,22)/t12-/m1/s1. The van der Waals surface area contributed by atoms with Crippen LogP contribution in [-0.4, -0.2) is 14.3 Å². The van der Waals surface area contributed by atoms with Crippen LogP contribution in [0.1, 0.15) is 41.4 Å². The normalized spacial score (nSPS) is 12.7. The Bertz CT molecular complexity index is 799. The molecule has 0 bridgehead atoms. The molecule has 0 saturated carbocycles. The van der Waals surface area contributed by atoms with Gasteiger partial charge in [-0.05, 0) is 48.7 Å². The van der Waals surface area contributed by atoms with E-state index in [9.17, 15) is 13.2 Å². The maximum absolute atomic E-state index is 12.3. The van der Waals surface area contributed by atoms with Crippen LogP contribution in [0.25, 0.3) is 0 Å². The zero-order valence-corrected chi connectivity index (χ0v) is 13.9. The Hall–Kier alpha value is -2.18. The second kappa shape index (κ2) is 6.93. The van der Waals surface area contributed by atoms with Crippen molar-refractivity contribution in [1.29, 1.82) is 0 Å². The van der Waals surface area contributed by atoms with Crippen molar-refractivity contribution in [3.05, 3.63) is 65.2 Å². The number of amides is 1. The number of nitrogens with two attached hydrogens (primary N) is 1. The fourth-order valence-electron chi connectivity index (χ4n) is 2.22. The molecule has 0 aliphatic rings. The molecule has 0 aliphatic carbocycles. The number of rotatable bonds is 5. The lowest BCUT2D eigenvalue weighted by Crippen LogP contribution is -2.26. The molecule has 0 aromatic heterocycles. The first kappa shape index (κ1) is 17.2.